The number of nitro groups is 1. The molecule has 0 aliphatic carbocycles. The van der Waals surface area contributed by atoms with Crippen LogP contribution in [0.25, 0.3) is 5.57 Å². The van der Waals surface area contributed by atoms with Crippen molar-refractivity contribution in [1.82, 2.24) is 0 Å². The molecule has 1 rings (SSSR count). The van der Waals surface area contributed by atoms with Gasteiger partial charge in [0.2, 0.25) is 0 Å². The molecule has 4 nitrogen and oxygen atoms in total. The first kappa shape index (κ1) is 11.3. The van der Waals surface area contributed by atoms with Crippen molar-refractivity contribution in [3.8, 4) is 0 Å². The second-order valence-corrected chi connectivity index (χ2v) is 3.03. The molecule has 15 heavy (non-hydrogen) atoms. The lowest BCUT2D eigenvalue weighted by Crippen LogP contribution is -2.03. The molecule has 0 saturated carbocycles. The average molecular weight is 210 g/mol. The Bertz CT molecular complexity index is 404. The van der Waals surface area contributed by atoms with E-state index in [2.05, 4.69) is 6.58 Å². The number of nitro benzene ring substituents is 1. The first-order chi connectivity index (χ1) is 7.07. The predicted octanol–water partition coefficient (Wildman–Crippen LogP) is 2.10. The van der Waals surface area contributed by atoms with Crippen molar-refractivity contribution in [2.24, 2.45) is 5.73 Å². The lowest BCUT2D eigenvalue weighted by atomic mass is 10.0. The fourth-order valence-corrected chi connectivity index (χ4v) is 1.31. The van der Waals surface area contributed by atoms with E-state index < -0.39 is 10.7 Å². The normalized spacial score (nSPS) is 10.0. The highest BCUT2D eigenvalue weighted by atomic mass is 19.1. The van der Waals surface area contributed by atoms with Crippen molar-refractivity contribution in [2.45, 2.75) is 6.42 Å². The third kappa shape index (κ3) is 2.38. The number of rotatable bonds is 4. The maximum atomic E-state index is 13.4. The molecule has 1 aromatic rings. The van der Waals surface area contributed by atoms with Gasteiger partial charge in [0.05, 0.1) is 10.5 Å². The van der Waals surface area contributed by atoms with E-state index in [-0.39, 0.29) is 17.8 Å². The SMILES string of the molecule is C=C(CCN)c1c(F)cccc1[N+](=O)[O-]. The van der Waals surface area contributed by atoms with Gasteiger partial charge in [-0.25, -0.2) is 4.39 Å². The summed E-state index contributed by atoms with van der Waals surface area (Å²) in [5, 5.41) is 10.6. The van der Waals surface area contributed by atoms with Crippen LogP contribution in [-0.4, -0.2) is 11.5 Å². The second-order valence-electron chi connectivity index (χ2n) is 3.03. The van der Waals surface area contributed by atoms with Crippen molar-refractivity contribution < 1.29 is 9.31 Å². The zero-order valence-corrected chi connectivity index (χ0v) is 8.07. The van der Waals surface area contributed by atoms with Crippen molar-refractivity contribution >= 4 is 11.3 Å². The fourth-order valence-electron chi connectivity index (χ4n) is 1.31. The summed E-state index contributed by atoms with van der Waals surface area (Å²) in [4.78, 5) is 10.0. The zero-order valence-electron chi connectivity index (χ0n) is 8.07. The quantitative estimate of drug-likeness (QED) is 0.611. The number of halogens is 1. The molecule has 0 aliphatic heterocycles. The minimum atomic E-state index is -0.636. The molecule has 0 spiro atoms. The van der Waals surface area contributed by atoms with Gasteiger partial charge < -0.3 is 5.73 Å². The molecule has 80 valence electrons. The van der Waals surface area contributed by atoms with Crippen LogP contribution in [0.5, 0.6) is 0 Å². The molecule has 2 N–H and O–H groups in total. The Morgan fingerprint density at radius 3 is 2.80 bits per heavy atom. The lowest BCUT2D eigenvalue weighted by Gasteiger charge is -2.06. The minimum Gasteiger partial charge on any atom is -0.330 e. The number of hydrogen-bond acceptors (Lipinski definition) is 3. The third-order valence-corrected chi connectivity index (χ3v) is 1.99. The van der Waals surface area contributed by atoms with Gasteiger partial charge in [0, 0.05) is 6.07 Å². The van der Waals surface area contributed by atoms with Gasteiger partial charge in [0.15, 0.2) is 0 Å². The summed E-state index contributed by atoms with van der Waals surface area (Å²) in [6, 6.07) is 3.72. The zero-order chi connectivity index (χ0) is 11.4. The predicted molar refractivity (Wildman–Crippen MR) is 55.8 cm³/mol. The molecule has 0 bridgehead atoms. The molecule has 0 atom stereocenters. The summed E-state index contributed by atoms with van der Waals surface area (Å²) in [5.74, 6) is -0.636. The standard InChI is InChI=1S/C10H11FN2O2/c1-7(5-6-12)10-8(11)3-2-4-9(10)13(14)15/h2-4H,1,5-6,12H2. The topological polar surface area (TPSA) is 69.2 Å². The first-order valence-corrected chi connectivity index (χ1v) is 4.39. The monoisotopic (exact) mass is 210 g/mol. The van der Waals surface area contributed by atoms with E-state index in [4.69, 9.17) is 5.73 Å². The highest BCUT2D eigenvalue weighted by Crippen LogP contribution is 2.28. The maximum absolute atomic E-state index is 13.4. The highest BCUT2D eigenvalue weighted by molar-refractivity contribution is 5.71. The van der Waals surface area contributed by atoms with Gasteiger partial charge in [-0.3, -0.25) is 10.1 Å². The summed E-state index contributed by atoms with van der Waals surface area (Å²) in [7, 11) is 0. The van der Waals surface area contributed by atoms with E-state index in [1.807, 2.05) is 0 Å². The number of nitrogens with zero attached hydrogens (tertiary/aromatic N) is 1. The molecule has 0 aliphatic rings. The average Bonchev–Trinajstić information content (AvgIpc) is 2.17. The summed E-state index contributed by atoms with van der Waals surface area (Å²) in [6.45, 7) is 3.88. The van der Waals surface area contributed by atoms with Gasteiger partial charge >= 0.3 is 0 Å². The third-order valence-electron chi connectivity index (χ3n) is 1.99. The largest absolute Gasteiger partial charge is 0.330 e. The van der Waals surface area contributed by atoms with Crippen LogP contribution < -0.4 is 5.73 Å². The Labute approximate surface area is 86.4 Å². The fraction of sp³-hybridized carbons (Fsp3) is 0.200. The molecular formula is C10H11FN2O2. The minimum absolute atomic E-state index is 0.0482. The second kappa shape index (κ2) is 4.65. The number of nitrogens with two attached hydrogens (primary N) is 1. The Kier molecular flexibility index (Phi) is 3.51. The van der Waals surface area contributed by atoms with Crippen LogP contribution in [0, 0.1) is 15.9 Å². The van der Waals surface area contributed by atoms with Crippen molar-refractivity contribution in [1.29, 1.82) is 0 Å². The van der Waals surface area contributed by atoms with Gasteiger partial charge in [-0.2, -0.15) is 0 Å². The summed E-state index contributed by atoms with van der Waals surface area (Å²) >= 11 is 0. The summed E-state index contributed by atoms with van der Waals surface area (Å²) in [6.07, 6.45) is 0.335. The molecule has 5 heteroatoms. The van der Waals surface area contributed by atoms with Crippen LogP contribution in [0.3, 0.4) is 0 Å². The van der Waals surface area contributed by atoms with Gasteiger partial charge in [0.1, 0.15) is 5.82 Å². The number of hydrogen-bond donors (Lipinski definition) is 1. The Morgan fingerprint density at radius 1 is 1.60 bits per heavy atom. The Hall–Kier alpha value is -1.75. The van der Waals surface area contributed by atoms with E-state index in [0.29, 0.717) is 12.0 Å². The van der Waals surface area contributed by atoms with E-state index in [1.54, 1.807) is 0 Å². The summed E-state index contributed by atoms with van der Waals surface area (Å²) in [5.41, 5.74) is 5.32. The van der Waals surface area contributed by atoms with Crippen LogP contribution in [-0.2, 0) is 0 Å². The molecule has 0 unspecified atom stereocenters. The van der Waals surface area contributed by atoms with Crippen molar-refractivity contribution in [3.05, 3.63) is 46.3 Å². The van der Waals surface area contributed by atoms with Gasteiger partial charge in [0.25, 0.3) is 5.69 Å². The molecule has 0 heterocycles. The lowest BCUT2D eigenvalue weighted by molar-refractivity contribution is -0.385. The molecule has 0 saturated heterocycles. The summed E-state index contributed by atoms with van der Waals surface area (Å²) < 4.78 is 13.4. The molecule has 0 aromatic heterocycles. The van der Waals surface area contributed by atoms with Gasteiger partial charge in [-0.1, -0.05) is 12.6 Å². The van der Waals surface area contributed by atoms with Crippen LogP contribution in [0.1, 0.15) is 12.0 Å². The van der Waals surface area contributed by atoms with Gasteiger partial charge in [-0.15, -0.1) is 0 Å². The van der Waals surface area contributed by atoms with E-state index >= 15 is 0 Å². The Morgan fingerprint density at radius 2 is 2.27 bits per heavy atom. The highest BCUT2D eigenvalue weighted by Gasteiger charge is 2.19. The first-order valence-electron chi connectivity index (χ1n) is 4.39. The molecule has 1 aromatic carbocycles. The molecule has 0 fully saturated rings. The van der Waals surface area contributed by atoms with Crippen molar-refractivity contribution in [2.75, 3.05) is 6.54 Å². The van der Waals surface area contributed by atoms with Crippen LogP contribution in [0.2, 0.25) is 0 Å². The van der Waals surface area contributed by atoms with Gasteiger partial charge in [-0.05, 0) is 24.6 Å². The van der Waals surface area contributed by atoms with E-state index in [0.717, 1.165) is 0 Å². The van der Waals surface area contributed by atoms with Crippen molar-refractivity contribution in [3.63, 3.8) is 0 Å². The molecular weight excluding hydrogens is 199 g/mol. The van der Waals surface area contributed by atoms with Crippen LogP contribution in [0.15, 0.2) is 24.8 Å². The van der Waals surface area contributed by atoms with E-state index in [1.165, 1.54) is 18.2 Å². The van der Waals surface area contributed by atoms with E-state index in [9.17, 15) is 14.5 Å². The number of benzene rings is 1. The smallest absolute Gasteiger partial charge is 0.279 e. The Balaban J connectivity index is 3.24. The van der Waals surface area contributed by atoms with Crippen LogP contribution >= 0.6 is 0 Å². The molecule has 0 radical (unpaired) electrons. The molecule has 0 amide bonds. The maximum Gasteiger partial charge on any atom is 0.279 e. The van der Waals surface area contributed by atoms with Crippen LogP contribution in [0.4, 0.5) is 10.1 Å².